The minimum absolute atomic E-state index is 0.0811. The highest BCUT2D eigenvalue weighted by molar-refractivity contribution is 5.71. The van der Waals surface area contributed by atoms with Gasteiger partial charge in [-0.05, 0) is 109 Å². The maximum Gasteiger partial charge on any atom is 0.306 e. The van der Waals surface area contributed by atoms with E-state index in [-0.39, 0.29) is 31.1 Å². The molecule has 0 radical (unpaired) electrons. The van der Waals surface area contributed by atoms with E-state index in [4.69, 9.17) is 14.2 Å². The quantitative estimate of drug-likeness (QED) is 0.0261. The summed E-state index contributed by atoms with van der Waals surface area (Å²) in [6.45, 7) is 6.44. The smallest absolute Gasteiger partial charge is 0.306 e. The Morgan fingerprint density at radius 1 is 0.253 bits per heavy atom. The van der Waals surface area contributed by atoms with E-state index in [0.717, 1.165) is 135 Å². The third kappa shape index (κ3) is 68.5. The molecule has 0 aliphatic heterocycles. The molecule has 0 saturated carbocycles. The highest BCUT2D eigenvalue weighted by Crippen LogP contribution is 2.17. The second-order valence-corrected chi connectivity index (χ2v) is 23.0. The van der Waals surface area contributed by atoms with Crippen molar-refractivity contribution in [2.75, 3.05) is 13.2 Å². The minimum Gasteiger partial charge on any atom is -0.462 e. The maximum absolute atomic E-state index is 13.0. The summed E-state index contributed by atoms with van der Waals surface area (Å²) in [5, 5.41) is 0. The molecule has 0 aromatic heterocycles. The summed E-state index contributed by atoms with van der Waals surface area (Å²) >= 11 is 0. The van der Waals surface area contributed by atoms with Crippen molar-refractivity contribution < 1.29 is 28.6 Å². The summed E-state index contributed by atoms with van der Waals surface area (Å²) < 4.78 is 17.0. The summed E-state index contributed by atoms with van der Waals surface area (Å²) in [7, 11) is 0. The fraction of sp³-hybridized carbons (Fsp3) is 0.701. The Hall–Kier alpha value is -4.19. The molecular weight excluding hydrogens is 1020 g/mol. The lowest BCUT2D eigenvalue weighted by Gasteiger charge is -2.18. The largest absolute Gasteiger partial charge is 0.462 e. The van der Waals surface area contributed by atoms with Crippen molar-refractivity contribution in [1.29, 1.82) is 0 Å². The van der Waals surface area contributed by atoms with Crippen molar-refractivity contribution in [1.82, 2.24) is 0 Å². The van der Waals surface area contributed by atoms with E-state index in [1.807, 2.05) is 0 Å². The number of carbonyl (C=O) groups excluding carboxylic acids is 3. The van der Waals surface area contributed by atoms with Gasteiger partial charge in [0.1, 0.15) is 13.2 Å². The van der Waals surface area contributed by atoms with Gasteiger partial charge in [0.25, 0.3) is 0 Å². The molecule has 0 heterocycles. The number of hydrogen-bond acceptors (Lipinski definition) is 6. The summed E-state index contributed by atoms with van der Waals surface area (Å²) in [6.07, 6.45) is 97.8. The Morgan fingerprint density at radius 3 is 0.735 bits per heavy atom. The molecule has 0 aromatic carbocycles. The van der Waals surface area contributed by atoms with Gasteiger partial charge in [-0.2, -0.15) is 0 Å². The first-order valence-corrected chi connectivity index (χ1v) is 35.0. The molecule has 0 aliphatic carbocycles. The highest BCUT2D eigenvalue weighted by Gasteiger charge is 2.19. The van der Waals surface area contributed by atoms with Crippen molar-refractivity contribution >= 4 is 17.9 Å². The number of carbonyl (C=O) groups is 3. The Bertz CT molecular complexity index is 1700. The van der Waals surface area contributed by atoms with Crippen LogP contribution in [0.2, 0.25) is 0 Å². The third-order valence-electron chi connectivity index (χ3n) is 15.0. The van der Waals surface area contributed by atoms with Crippen LogP contribution in [0.5, 0.6) is 0 Å². The van der Waals surface area contributed by atoms with E-state index in [2.05, 4.69) is 142 Å². The van der Waals surface area contributed by atoms with Crippen LogP contribution >= 0.6 is 0 Å². The molecule has 0 N–H and O–H groups in total. The summed E-state index contributed by atoms with van der Waals surface area (Å²) in [5.41, 5.74) is 0. The lowest BCUT2D eigenvalue weighted by atomic mass is 10.0. The van der Waals surface area contributed by atoms with E-state index in [9.17, 15) is 14.4 Å². The Morgan fingerprint density at radius 2 is 0.470 bits per heavy atom. The number of hydrogen-bond donors (Lipinski definition) is 0. The highest BCUT2D eigenvalue weighted by atomic mass is 16.6. The zero-order valence-corrected chi connectivity index (χ0v) is 54.4. The molecule has 0 bridgehead atoms. The van der Waals surface area contributed by atoms with Crippen molar-refractivity contribution in [3.63, 3.8) is 0 Å². The normalized spacial score (nSPS) is 12.9. The molecule has 6 nitrogen and oxygen atoms in total. The predicted molar refractivity (Wildman–Crippen MR) is 362 cm³/mol. The van der Waals surface area contributed by atoms with E-state index in [1.54, 1.807) is 0 Å². The number of unbranched alkanes of at least 4 members (excludes halogenated alkanes) is 32. The number of ether oxygens (including phenoxy) is 3. The van der Waals surface area contributed by atoms with Crippen LogP contribution in [0.1, 0.15) is 329 Å². The molecule has 0 spiro atoms. The zero-order chi connectivity index (χ0) is 59.9. The molecule has 0 rings (SSSR count). The summed E-state index contributed by atoms with van der Waals surface area (Å²) in [4.78, 5) is 38.5. The van der Waals surface area contributed by atoms with Crippen LogP contribution in [0.25, 0.3) is 0 Å². The molecule has 0 aromatic rings. The van der Waals surface area contributed by atoms with E-state index in [0.29, 0.717) is 19.3 Å². The first kappa shape index (κ1) is 78.8. The molecule has 0 fully saturated rings. The topological polar surface area (TPSA) is 78.9 Å². The van der Waals surface area contributed by atoms with Crippen LogP contribution in [0.4, 0.5) is 0 Å². The van der Waals surface area contributed by atoms with Crippen LogP contribution in [0, 0.1) is 0 Å². The minimum atomic E-state index is -0.787. The molecule has 474 valence electrons. The molecule has 0 aliphatic rings. The maximum atomic E-state index is 13.0. The van der Waals surface area contributed by atoms with Crippen LogP contribution in [0.15, 0.2) is 122 Å². The molecule has 0 saturated heterocycles. The number of esters is 3. The fourth-order valence-electron chi connectivity index (χ4n) is 9.79. The van der Waals surface area contributed by atoms with Crippen molar-refractivity contribution in [2.45, 2.75) is 335 Å². The summed E-state index contributed by atoms with van der Waals surface area (Å²) in [6, 6.07) is 0. The zero-order valence-electron chi connectivity index (χ0n) is 54.4. The lowest BCUT2D eigenvalue weighted by molar-refractivity contribution is -0.167. The molecule has 6 heteroatoms. The Balaban J connectivity index is 4.37. The molecule has 0 amide bonds. The second kappa shape index (κ2) is 70.3. The third-order valence-corrected chi connectivity index (χ3v) is 15.0. The van der Waals surface area contributed by atoms with Gasteiger partial charge in [0.2, 0.25) is 0 Å². The van der Waals surface area contributed by atoms with Crippen LogP contribution in [0.3, 0.4) is 0 Å². The number of allylic oxidation sites excluding steroid dienone is 20. The second-order valence-electron chi connectivity index (χ2n) is 23.0. The molecular formula is C77H130O6. The average molecular weight is 1150 g/mol. The summed E-state index contributed by atoms with van der Waals surface area (Å²) in [5.74, 6) is -0.880. The molecule has 1 atom stereocenters. The monoisotopic (exact) mass is 1150 g/mol. The van der Waals surface area contributed by atoms with Gasteiger partial charge < -0.3 is 14.2 Å². The van der Waals surface area contributed by atoms with E-state index in [1.165, 1.54) is 154 Å². The van der Waals surface area contributed by atoms with Gasteiger partial charge in [-0.3, -0.25) is 14.4 Å². The van der Waals surface area contributed by atoms with Crippen LogP contribution in [-0.4, -0.2) is 37.2 Å². The Kier molecular flexibility index (Phi) is 66.7. The standard InChI is InChI=1S/C77H130O6/c1-4-7-10-13-16-19-22-25-28-30-32-34-36-38-40-42-44-46-49-52-55-58-61-64-67-70-76(79)82-73-74(72-81-75(78)69-66-63-60-57-54-51-48-27-24-21-18-15-12-9-6-3)83-77(80)71-68-65-62-59-56-53-50-47-45-43-41-39-37-35-33-31-29-26-23-20-17-14-11-8-5-2/h7-8,10-11,16-17,19-20,25-26,28-29,32-35,38-41,74H,4-6,9,12-15,18,21-24,27,30-31,36-37,42-73H2,1-3H3/b10-7-,11-8-,19-16-,20-17-,28-25-,29-26-,34-32-,35-33-,40-38-,41-39-. The van der Waals surface area contributed by atoms with Gasteiger partial charge in [-0.15, -0.1) is 0 Å². The van der Waals surface area contributed by atoms with E-state index < -0.39 is 6.10 Å². The Labute approximate surface area is 513 Å². The van der Waals surface area contributed by atoms with Gasteiger partial charge in [0.05, 0.1) is 0 Å². The predicted octanol–water partition coefficient (Wildman–Crippen LogP) is 24.3. The van der Waals surface area contributed by atoms with E-state index >= 15 is 0 Å². The SMILES string of the molecule is CC/C=C\C/C=C\C/C=C\C/C=C\C/C=C\CCCCCCCCCCCC(=O)OCC(COC(=O)CCCCCCCCCCCCCCCCC)OC(=O)CCCCCCCCCCC/C=C\C/C=C\C/C=C\C/C=C\C/C=C\CC. The first-order chi connectivity index (χ1) is 41.0. The van der Waals surface area contributed by atoms with Gasteiger partial charge in [-0.25, -0.2) is 0 Å². The van der Waals surface area contributed by atoms with Crippen molar-refractivity contribution in [2.24, 2.45) is 0 Å². The van der Waals surface area contributed by atoms with Gasteiger partial charge >= 0.3 is 17.9 Å². The van der Waals surface area contributed by atoms with Crippen LogP contribution in [-0.2, 0) is 28.6 Å². The average Bonchev–Trinajstić information content (AvgIpc) is 3.49. The fourth-order valence-corrected chi connectivity index (χ4v) is 9.79. The van der Waals surface area contributed by atoms with Crippen molar-refractivity contribution in [3.8, 4) is 0 Å². The van der Waals surface area contributed by atoms with Gasteiger partial charge in [-0.1, -0.05) is 322 Å². The number of rotatable bonds is 63. The van der Waals surface area contributed by atoms with Gasteiger partial charge in [0.15, 0.2) is 6.10 Å². The first-order valence-electron chi connectivity index (χ1n) is 35.0. The lowest BCUT2D eigenvalue weighted by Crippen LogP contribution is -2.30. The molecule has 1 unspecified atom stereocenters. The van der Waals surface area contributed by atoms with Crippen LogP contribution < -0.4 is 0 Å². The molecule has 83 heavy (non-hydrogen) atoms. The van der Waals surface area contributed by atoms with Crippen molar-refractivity contribution in [3.05, 3.63) is 122 Å². The van der Waals surface area contributed by atoms with Gasteiger partial charge in [0, 0.05) is 19.3 Å².